The van der Waals surface area contributed by atoms with Crippen molar-refractivity contribution in [1.29, 1.82) is 0 Å². The molecule has 0 aliphatic carbocycles. The lowest BCUT2D eigenvalue weighted by molar-refractivity contribution is 0.529. The number of thiazole rings is 1. The van der Waals surface area contributed by atoms with Gasteiger partial charge in [0.15, 0.2) is 15.0 Å². The minimum Gasteiger partial charge on any atom is -0.348 e. The van der Waals surface area contributed by atoms with Gasteiger partial charge in [-0.1, -0.05) is 56.6 Å². The van der Waals surface area contributed by atoms with Crippen molar-refractivity contribution in [2.24, 2.45) is 0 Å². The maximum absolute atomic E-state index is 13.2. The van der Waals surface area contributed by atoms with Gasteiger partial charge in [-0.05, 0) is 48.1 Å². The minimum absolute atomic E-state index is 0.00615. The number of hydrogen-bond acceptors (Lipinski definition) is 5. The zero-order valence-corrected chi connectivity index (χ0v) is 20.4. The predicted molar refractivity (Wildman–Crippen MR) is 130 cm³/mol. The van der Waals surface area contributed by atoms with Crippen molar-refractivity contribution in [3.8, 4) is 11.3 Å². The van der Waals surface area contributed by atoms with E-state index in [-0.39, 0.29) is 10.7 Å². The molecule has 0 spiro atoms. The largest absolute Gasteiger partial charge is 0.348 e. The summed E-state index contributed by atoms with van der Waals surface area (Å²) in [6.07, 6.45) is 1.22. The molecule has 31 heavy (non-hydrogen) atoms. The molecule has 0 bridgehead atoms. The fourth-order valence-electron chi connectivity index (χ4n) is 3.86. The maximum atomic E-state index is 13.2. The zero-order chi connectivity index (χ0) is 22.2. The van der Waals surface area contributed by atoms with Crippen molar-refractivity contribution in [1.82, 2.24) is 4.98 Å². The van der Waals surface area contributed by atoms with Gasteiger partial charge >= 0.3 is 0 Å². The summed E-state index contributed by atoms with van der Waals surface area (Å²) in [7, 11) is -3.33. The van der Waals surface area contributed by atoms with Gasteiger partial charge in [-0.2, -0.15) is 0 Å². The number of halogens is 1. The number of aromatic nitrogens is 1. The van der Waals surface area contributed by atoms with Crippen LogP contribution in [0.25, 0.3) is 11.3 Å². The van der Waals surface area contributed by atoms with Crippen LogP contribution in [0.3, 0.4) is 0 Å². The van der Waals surface area contributed by atoms with Crippen molar-refractivity contribution in [3.63, 3.8) is 0 Å². The summed E-state index contributed by atoms with van der Waals surface area (Å²) < 4.78 is 26.3. The highest BCUT2D eigenvalue weighted by molar-refractivity contribution is 7.92. The molecule has 164 valence electrons. The molecule has 0 atom stereocenters. The molecule has 0 saturated carbocycles. The Kier molecular flexibility index (Phi) is 6.16. The third kappa shape index (κ3) is 4.81. The highest BCUT2D eigenvalue weighted by Crippen LogP contribution is 2.32. The predicted octanol–water partition coefficient (Wildman–Crippen LogP) is 6.20. The van der Waals surface area contributed by atoms with Gasteiger partial charge < -0.3 is 4.90 Å². The molecule has 0 amide bonds. The molecule has 4 rings (SSSR count). The Bertz CT molecular complexity index is 1140. The molecule has 1 aromatic heterocycles. The normalized spacial score (nSPS) is 15.9. The Morgan fingerprint density at radius 1 is 1.00 bits per heavy atom. The fraction of sp³-hybridized carbons (Fsp3) is 0.375. The highest BCUT2D eigenvalue weighted by Gasteiger charge is 2.32. The molecule has 0 N–H and O–H groups in total. The third-order valence-electron chi connectivity index (χ3n) is 5.83. The van der Waals surface area contributed by atoms with E-state index in [1.165, 1.54) is 0 Å². The van der Waals surface area contributed by atoms with Crippen LogP contribution in [0.4, 0.5) is 5.13 Å². The molecule has 2 heterocycles. The van der Waals surface area contributed by atoms with E-state index < -0.39 is 9.84 Å². The van der Waals surface area contributed by atoms with Crippen LogP contribution in [0.2, 0.25) is 5.02 Å². The van der Waals surface area contributed by atoms with Gasteiger partial charge in [0.2, 0.25) is 0 Å². The Morgan fingerprint density at radius 2 is 1.61 bits per heavy atom. The fourth-order valence-corrected chi connectivity index (χ4v) is 6.60. The lowest BCUT2D eigenvalue weighted by Crippen LogP contribution is -2.39. The summed E-state index contributed by atoms with van der Waals surface area (Å²) in [6.45, 7) is 7.77. The Balaban J connectivity index is 1.43. The van der Waals surface area contributed by atoms with E-state index in [4.69, 9.17) is 16.6 Å². The maximum Gasteiger partial charge on any atom is 0.185 e. The van der Waals surface area contributed by atoms with E-state index in [1.54, 1.807) is 23.5 Å². The average molecular weight is 475 g/mol. The van der Waals surface area contributed by atoms with Crippen LogP contribution in [0.5, 0.6) is 0 Å². The Hall–Kier alpha value is -1.89. The van der Waals surface area contributed by atoms with Crippen molar-refractivity contribution in [2.75, 3.05) is 18.0 Å². The molecule has 0 radical (unpaired) electrons. The van der Waals surface area contributed by atoms with Crippen molar-refractivity contribution in [3.05, 3.63) is 64.5 Å². The van der Waals surface area contributed by atoms with Crippen molar-refractivity contribution < 1.29 is 8.42 Å². The van der Waals surface area contributed by atoms with E-state index >= 15 is 0 Å². The first kappa shape index (κ1) is 22.3. The second-order valence-corrected chi connectivity index (χ2v) is 12.5. The number of rotatable bonds is 4. The van der Waals surface area contributed by atoms with Crippen LogP contribution in [-0.2, 0) is 15.3 Å². The van der Waals surface area contributed by atoms with Gasteiger partial charge in [0.25, 0.3) is 0 Å². The Morgan fingerprint density at radius 3 is 2.19 bits per heavy atom. The number of sulfone groups is 1. The summed E-state index contributed by atoms with van der Waals surface area (Å²) in [4.78, 5) is 7.39. The number of benzene rings is 2. The van der Waals surface area contributed by atoms with Crippen LogP contribution in [-0.4, -0.2) is 31.7 Å². The SMILES string of the molecule is CC(C)(C)c1ccc(S(=O)(=O)C2CCN(c3nc(-c4ccc(Cl)cc4)cs3)CC2)cc1. The number of hydrogen-bond donors (Lipinski definition) is 0. The molecule has 1 saturated heterocycles. The molecule has 3 aromatic rings. The average Bonchev–Trinajstić information content (AvgIpc) is 3.24. The van der Waals surface area contributed by atoms with Crippen LogP contribution in [0.1, 0.15) is 39.2 Å². The molecule has 4 nitrogen and oxygen atoms in total. The summed E-state index contributed by atoms with van der Waals surface area (Å²) in [6, 6.07) is 15.1. The van der Waals surface area contributed by atoms with Gasteiger partial charge in [0.05, 0.1) is 15.8 Å². The lowest BCUT2D eigenvalue weighted by Gasteiger charge is -2.31. The van der Waals surface area contributed by atoms with Gasteiger partial charge in [-0.15, -0.1) is 11.3 Å². The second kappa shape index (κ2) is 8.57. The first-order valence-corrected chi connectivity index (χ1v) is 13.3. The second-order valence-electron chi connectivity index (χ2n) is 9.03. The Labute approximate surface area is 193 Å². The molecular formula is C24H27ClN2O2S2. The number of anilines is 1. The molecule has 7 heteroatoms. The first-order valence-electron chi connectivity index (χ1n) is 10.5. The monoisotopic (exact) mass is 474 g/mol. The number of piperidine rings is 1. The molecule has 0 unspecified atom stereocenters. The van der Waals surface area contributed by atoms with Gasteiger partial charge in [0.1, 0.15) is 0 Å². The summed E-state index contributed by atoms with van der Waals surface area (Å²) in [5.74, 6) is 0. The third-order valence-corrected chi connectivity index (χ3v) is 9.26. The summed E-state index contributed by atoms with van der Waals surface area (Å²) >= 11 is 7.57. The standard InChI is InChI=1S/C24H27ClN2O2S2/c1-24(2,3)18-6-10-20(11-7-18)31(28,29)21-12-14-27(15-13-21)23-26-22(16-30-23)17-4-8-19(25)9-5-17/h4-11,16,21H,12-15H2,1-3H3. The number of nitrogens with zero attached hydrogens (tertiary/aromatic N) is 2. The molecule has 1 aliphatic rings. The molecule has 1 fully saturated rings. The van der Waals surface area contributed by atoms with E-state index in [0.717, 1.165) is 22.0 Å². The van der Waals surface area contributed by atoms with E-state index in [1.807, 2.05) is 41.8 Å². The van der Waals surface area contributed by atoms with Crippen molar-refractivity contribution >= 4 is 37.9 Å². The van der Waals surface area contributed by atoms with Gasteiger partial charge in [0, 0.05) is 29.1 Å². The highest BCUT2D eigenvalue weighted by atomic mass is 35.5. The van der Waals surface area contributed by atoms with Gasteiger partial charge in [-0.25, -0.2) is 13.4 Å². The van der Waals surface area contributed by atoms with E-state index in [0.29, 0.717) is 35.8 Å². The summed E-state index contributed by atoms with van der Waals surface area (Å²) in [5.41, 5.74) is 3.10. The smallest absolute Gasteiger partial charge is 0.185 e. The molecule has 2 aromatic carbocycles. The van der Waals surface area contributed by atoms with Crippen LogP contribution >= 0.6 is 22.9 Å². The summed E-state index contributed by atoms with van der Waals surface area (Å²) in [5, 5.41) is 3.34. The quantitative estimate of drug-likeness (QED) is 0.451. The minimum atomic E-state index is -3.33. The topological polar surface area (TPSA) is 50.3 Å². The van der Waals surface area contributed by atoms with Gasteiger partial charge in [-0.3, -0.25) is 0 Å². The van der Waals surface area contributed by atoms with E-state index in [9.17, 15) is 8.42 Å². The van der Waals surface area contributed by atoms with Crippen molar-refractivity contribution in [2.45, 2.75) is 49.2 Å². The van der Waals surface area contributed by atoms with E-state index in [2.05, 4.69) is 25.7 Å². The molecule has 1 aliphatic heterocycles. The van der Waals surface area contributed by atoms with Crippen LogP contribution < -0.4 is 4.90 Å². The zero-order valence-electron chi connectivity index (χ0n) is 18.0. The first-order chi connectivity index (χ1) is 14.6. The van der Waals surface area contributed by atoms with Crippen LogP contribution in [0.15, 0.2) is 58.8 Å². The van der Waals surface area contributed by atoms with Crippen LogP contribution in [0, 0.1) is 0 Å². The lowest BCUT2D eigenvalue weighted by atomic mass is 9.87. The molecular weight excluding hydrogens is 448 g/mol.